The smallest absolute Gasteiger partial charge is 0.253 e. The number of hydrogen-bond acceptors (Lipinski definition) is 6. The molecule has 1 aromatic carbocycles. The number of ether oxygens (including phenoxy) is 1. The van der Waals surface area contributed by atoms with Crippen LogP contribution in [0.5, 0.6) is 0 Å². The number of carbonyl (C=O) groups is 1. The highest BCUT2D eigenvalue weighted by Gasteiger charge is 2.24. The van der Waals surface area contributed by atoms with Gasteiger partial charge < -0.3 is 25.2 Å². The number of hydrogen-bond donors (Lipinski definition) is 2. The number of carbonyl (C=O) groups excluding carboxylic acids is 1. The van der Waals surface area contributed by atoms with Gasteiger partial charge in [-0.15, -0.1) is 24.0 Å². The first-order chi connectivity index (χ1) is 15.2. The zero-order chi connectivity index (χ0) is 21.5. The Morgan fingerprint density at radius 1 is 1.19 bits per heavy atom. The summed E-state index contributed by atoms with van der Waals surface area (Å²) in [6.45, 7) is 4.65. The summed E-state index contributed by atoms with van der Waals surface area (Å²) in [6.07, 6.45) is 4.93. The summed E-state index contributed by atoms with van der Waals surface area (Å²) in [5.41, 5.74) is 1.86. The van der Waals surface area contributed by atoms with Gasteiger partial charge in [0, 0.05) is 64.5 Å². The van der Waals surface area contributed by atoms with Gasteiger partial charge in [0.2, 0.25) is 5.95 Å². The zero-order valence-electron chi connectivity index (χ0n) is 18.2. The number of aliphatic imine (C=N–C) groups is 1. The van der Waals surface area contributed by atoms with Crippen molar-refractivity contribution in [3.63, 3.8) is 0 Å². The molecule has 1 amide bonds. The molecule has 9 nitrogen and oxygen atoms in total. The SMILES string of the molecule is CN=C(NCc1cccc(NC(=O)C2CCCO2)c1)N1CCN(c2ncccn2)CC1.I. The van der Waals surface area contributed by atoms with E-state index in [4.69, 9.17) is 4.74 Å². The fourth-order valence-corrected chi connectivity index (χ4v) is 3.85. The van der Waals surface area contributed by atoms with Gasteiger partial charge in [0.25, 0.3) is 5.91 Å². The number of halogens is 1. The molecule has 0 radical (unpaired) electrons. The topological polar surface area (TPSA) is 95.0 Å². The summed E-state index contributed by atoms with van der Waals surface area (Å²) < 4.78 is 5.46. The molecule has 1 unspecified atom stereocenters. The lowest BCUT2D eigenvalue weighted by molar-refractivity contribution is -0.124. The lowest BCUT2D eigenvalue weighted by atomic mass is 10.2. The van der Waals surface area contributed by atoms with Gasteiger partial charge in [-0.25, -0.2) is 9.97 Å². The first-order valence-corrected chi connectivity index (χ1v) is 10.7. The summed E-state index contributed by atoms with van der Waals surface area (Å²) in [7, 11) is 1.80. The van der Waals surface area contributed by atoms with E-state index in [0.29, 0.717) is 13.2 Å². The van der Waals surface area contributed by atoms with Crippen molar-refractivity contribution in [1.82, 2.24) is 20.2 Å². The summed E-state index contributed by atoms with van der Waals surface area (Å²) >= 11 is 0. The number of rotatable bonds is 5. The zero-order valence-corrected chi connectivity index (χ0v) is 20.6. The van der Waals surface area contributed by atoms with Gasteiger partial charge in [0.15, 0.2) is 5.96 Å². The van der Waals surface area contributed by atoms with Crippen molar-refractivity contribution in [2.75, 3.05) is 50.1 Å². The number of anilines is 2. The maximum atomic E-state index is 12.3. The van der Waals surface area contributed by atoms with Gasteiger partial charge in [0.1, 0.15) is 6.10 Å². The van der Waals surface area contributed by atoms with E-state index in [2.05, 4.69) is 35.4 Å². The average molecular weight is 551 g/mol. The highest BCUT2D eigenvalue weighted by molar-refractivity contribution is 14.0. The van der Waals surface area contributed by atoms with Crippen LogP contribution in [0.1, 0.15) is 18.4 Å². The molecule has 10 heteroatoms. The van der Waals surface area contributed by atoms with Gasteiger partial charge in [-0.05, 0) is 36.6 Å². The van der Waals surface area contributed by atoms with E-state index in [-0.39, 0.29) is 36.0 Å². The molecule has 2 aromatic rings. The van der Waals surface area contributed by atoms with E-state index >= 15 is 0 Å². The van der Waals surface area contributed by atoms with Gasteiger partial charge >= 0.3 is 0 Å². The minimum Gasteiger partial charge on any atom is -0.368 e. The Hall–Kier alpha value is -2.47. The molecule has 32 heavy (non-hydrogen) atoms. The second kappa shape index (κ2) is 12.0. The molecular formula is C22H30IN7O2. The van der Waals surface area contributed by atoms with E-state index in [1.54, 1.807) is 19.4 Å². The summed E-state index contributed by atoms with van der Waals surface area (Å²) in [5, 5.41) is 6.39. The van der Waals surface area contributed by atoms with Crippen LogP contribution in [0.4, 0.5) is 11.6 Å². The molecule has 4 rings (SSSR count). The molecule has 0 aliphatic carbocycles. The molecular weight excluding hydrogens is 521 g/mol. The molecule has 2 fully saturated rings. The maximum Gasteiger partial charge on any atom is 0.253 e. The number of benzene rings is 1. The molecule has 1 atom stereocenters. The van der Waals surface area contributed by atoms with E-state index in [9.17, 15) is 4.79 Å². The van der Waals surface area contributed by atoms with Crippen molar-refractivity contribution >= 4 is 47.5 Å². The largest absolute Gasteiger partial charge is 0.368 e. The number of nitrogens with zero attached hydrogens (tertiary/aromatic N) is 5. The predicted octanol–water partition coefficient (Wildman–Crippen LogP) is 2.11. The number of amides is 1. The van der Waals surface area contributed by atoms with Crippen LogP contribution in [-0.2, 0) is 16.1 Å². The lowest BCUT2D eigenvalue weighted by Gasteiger charge is -2.36. The van der Waals surface area contributed by atoms with Crippen molar-refractivity contribution in [3.8, 4) is 0 Å². The first kappa shape index (κ1) is 24.2. The molecule has 2 aliphatic rings. The normalized spacial score (nSPS) is 18.8. The van der Waals surface area contributed by atoms with E-state index in [0.717, 1.165) is 62.2 Å². The third-order valence-electron chi connectivity index (χ3n) is 5.49. The first-order valence-electron chi connectivity index (χ1n) is 10.7. The molecule has 1 aromatic heterocycles. The standard InChI is InChI=1S/C22H29N7O2.HI/c1-23-21(28-10-12-29(13-11-28)22-24-8-4-9-25-22)26-16-17-5-2-6-18(15-17)27-20(30)19-7-3-14-31-19;/h2,4-6,8-9,15,19H,3,7,10-14,16H2,1H3,(H,23,26)(H,27,30);1H. The molecule has 3 heterocycles. The molecule has 0 bridgehead atoms. The third-order valence-corrected chi connectivity index (χ3v) is 5.49. The number of aromatic nitrogens is 2. The second-order valence-electron chi connectivity index (χ2n) is 7.61. The van der Waals surface area contributed by atoms with Gasteiger partial charge in [-0.2, -0.15) is 0 Å². The van der Waals surface area contributed by atoms with Gasteiger partial charge in [-0.3, -0.25) is 9.79 Å². The molecule has 0 saturated carbocycles. The van der Waals surface area contributed by atoms with Crippen LogP contribution in [0.3, 0.4) is 0 Å². The van der Waals surface area contributed by atoms with E-state index in [1.807, 2.05) is 30.3 Å². The highest BCUT2D eigenvalue weighted by Crippen LogP contribution is 2.16. The van der Waals surface area contributed by atoms with Crippen LogP contribution in [0, 0.1) is 0 Å². The highest BCUT2D eigenvalue weighted by atomic mass is 127. The molecule has 172 valence electrons. The van der Waals surface area contributed by atoms with E-state index in [1.165, 1.54) is 0 Å². The Kier molecular flexibility index (Phi) is 9.03. The Morgan fingerprint density at radius 2 is 1.97 bits per heavy atom. The Morgan fingerprint density at radius 3 is 2.66 bits per heavy atom. The Bertz CT molecular complexity index is 898. The van der Waals surface area contributed by atoms with E-state index < -0.39 is 0 Å². The summed E-state index contributed by atoms with van der Waals surface area (Å²) in [6, 6.07) is 9.69. The van der Waals surface area contributed by atoms with Crippen LogP contribution in [-0.4, -0.2) is 72.7 Å². The van der Waals surface area contributed by atoms with Crippen LogP contribution >= 0.6 is 24.0 Å². The minimum atomic E-state index is -0.333. The fourth-order valence-electron chi connectivity index (χ4n) is 3.85. The van der Waals surface area contributed by atoms with Crippen molar-refractivity contribution in [3.05, 3.63) is 48.3 Å². The van der Waals surface area contributed by atoms with Crippen molar-refractivity contribution < 1.29 is 9.53 Å². The van der Waals surface area contributed by atoms with Gasteiger partial charge in [-0.1, -0.05) is 12.1 Å². The molecule has 2 saturated heterocycles. The average Bonchev–Trinajstić information content (AvgIpc) is 3.36. The predicted molar refractivity (Wildman–Crippen MR) is 135 cm³/mol. The van der Waals surface area contributed by atoms with Crippen LogP contribution in [0.25, 0.3) is 0 Å². The number of piperazine rings is 1. The minimum absolute atomic E-state index is 0. The molecule has 2 N–H and O–H groups in total. The quantitative estimate of drug-likeness (QED) is 0.334. The number of nitrogens with one attached hydrogen (secondary N) is 2. The molecule has 2 aliphatic heterocycles. The van der Waals surface area contributed by atoms with Crippen molar-refractivity contribution in [2.24, 2.45) is 4.99 Å². The van der Waals surface area contributed by atoms with Crippen LogP contribution in [0.2, 0.25) is 0 Å². The number of guanidine groups is 1. The summed E-state index contributed by atoms with van der Waals surface area (Å²) in [4.78, 5) is 29.8. The maximum absolute atomic E-state index is 12.3. The van der Waals surface area contributed by atoms with Crippen molar-refractivity contribution in [1.29, 1.82) is 0 Å². The summed E-state index contributed by atoms with van der Waals surface area (Å²) in [5.74, 6) is 1.56. The Labute approximate surface area is 205 Å². The van der Waals surface area contributed by atoms with Crippen LogP contribution < -0.4 is 15.5 Å². The molecule has 0 spiro atoms. The van der Waals surface area contributed by atoms with Gasteiger partial charge in [0.05, 0.1) is 0 Å². The van der Waals surface area contributed by atoms with Crippen molar-refractivity contribution in [2.45, 2.75) is 25.5 Å². The van der Waals surface area contributed by atoms with Crippen LogP contribution in [0.15, 0.2) is 47.7 Å². The Balaban J connectivity index is 0.00000289. The lowest BCUT2D eigenvalue weighted by Crippen LogP contribution is -2.52. The fraction of sp³-hybridized carbons (Fsp3) is 0.455. The second-order valence-corrected chi connectivity index (χ2v) is 7.61. The monoisotopic (exact) mass is 551 g/mol. The third kappa shape index (κ3) is 6.28.